The van der Waals surface area contributed by atoms with Gasteiger partial charge in [-0.3, -0.25) is 9.67 Å². The Labute approximate surface area is 153 Å². The summed E-state index contributed by atoms with van der Waals surface area (Å²) in [4.78, 5) is 16.1. The lowest BCUT2D eigenvalue weighted by Crippen LogP contribution is -2.30. The summed E-state index contributed by atoms with van der Waals surface area (Å²) in [5, 5.41) is 9.26. The minimum absolute atomic E-state index is 0.490. The molecule has 138 valence electrons. The maximum Gasteiger partial charge on any atom is 0.245 e. The molecule has 8 nitrogen and oxygen atoms in total. The average Bonchev–Trinajstić information content (AvgIpc) is 3.29. The first-order valence-corrected chi connectivity index (χ1v) is 9.28. The lowest BCUT2D eigenvalue weighted by Gasteiger charge is -2.21. The largest absolute Gasteiger partial charge is 0.337 e. The van der Waals surface area contributed by atoms with Crippen molar-refractivity contribution in [1.82, 2.24) is 34.3 Å². The van der Waals surface area contributed by atoms with Gasteiger partial charge in [0.2, 0.25) is 5.95 Å². The number of nitrogens with zero attached hydrogens (tertiary/aromatic N) is 8. The molecule has 0 saturated carbocycles. The normalized spacial score (nSPS) is 20.4. The number of hydrogen-bond donors (Lipinski definition) is 0. The van der Waals surface area contributed by atoms with E-state index in [9.17, 15) is 0 Å². The van der Waals surface area contributed by atoms with Crippen LogP contribution in [0.4, 0.5) is 5.95 Å². The van der Waals surface area contributed by atoms with E-state index >= 15 is 0 Å². The zero-order valence-corrected chi connectivity index (χ0v) is 16.1. The fourth-order valence-corrected chi connectivity index (χ4v) is 3.59. The van der Waals surface area contributed by atoms with Crippen molar-refractivity contribution in [2.45, 2.75) is 53.0 Å². The molecule has 0 N–H and O–H groups in total. The first-order chi connectivity index (χ1) is 12.4. The summed E-state index contributed by atoms with van der Waals surface area (Å²) in [7, 11) is 1.96. The van der Waals surface area contributed by atoms with Crippen LogP contribution < -0.4 is 4.90 Å². The van der Waals surface area contributed by atoms with E-state index in [0.29, 0.717) is 12.0 Å². The highest BCUT2D eigenvalue weighted by Crippen LogP contribution is 2.27. The first kappa shape index (κ1) is 16.9. The van der Waals surface area contributed by atoms with E-state index in [1.165, 1.54) is 6.42 Å². The van der Waals surface area contributed by atoms with Crippen molar-refractivity contribution >= 4 is 11.6 Å². The molecule has 1 saturated heterocycles. The van der Waals surface area contributed by atoms with Gasteiger partial charge in [-0.05, 0) is 33.1 Å². The summed E-state index contributed by atoms with van der Waals surface area (Å²) in [6, 6.07) is 0.490. The number of hydrogen-bond acceptors (Lipinski definition) is 6. The third-order valence-electron chi connectivity index (χ3n) is 5.57. The fraction of sp³-hybridized carbons (Fsp3) is 0.611. The minimum Gasteiger partial charge on any atom is -0.337 e. The average molecular weight is 354 g/mol. The van der Waals surface area contributed by atoms with Crippen LogP contribution in [0.25, 0.3) is 5.65 Å². The molecular weight excluding hydrogens is 328 g/mol. The molecule has 1 fully saturated rings. The van der Waals surface area contributed by atoms with Crippen LogP contribution in [0.3, 0.4) is 0 Å². The summed E-state index contributed by atoms with van der Waals surface area (Å²) in [6.07, 6.45) is 4.53. The molecule has 4 heterocycles. The summed E-state index contributed by atoms with van der Waals surface area (Å²) in [5.74, 6) is 3.32. The molecule has 26 heavy (non-hydrogen) atoms. The van der Waals surface area contributed by atoms with E-state index in [2.05, 4.69) is 38.9 Å². The Morgan fingerprint density at radius 1 is 1.12 bits per heavy atom. The Balaban J connectivity index is 1.52. The highest BCUT2D eigenvalue weighted by molar-refractivity contribution is 5.43. The van der Waals surface area contributed by atoms with Crippen molar-refractivity contribution in [2.24, 2.45) is 13.0 Å². The number of aryl methyl sites for hydroxylation is 5. The molecule has 8 heteroatoms. The smallest absolute Gasteiger partial charge is 0.245 e. The summed E-state index contributed by atoms with van der Waals surface area (Å²) in [5.41, 5.74) is 2.72. The van der Waals surface area contributed by atoms with Crippen LogP contribution in [0.15, 0.2) is 6.20 Å². The van der Waals surface area contributed by atoms with Gasteiger partial charge >= 0.3 is 0 Å². The van der Waals surface area contributed by atoms with Gasteiger partial charge in [0.15, 0.2) is 11.5 Å². The zero-order chi connectivity index (χ0) is 18.4. The SMILES string of the molecule is Cc1ncc(C)n2nc(CCc3nc(N4CC[C@@H](C)[C@H]4C)nn3C)nc12. The summed E-state index contributed by atoms with van der Waals surface area (Å²) >= 11 is 0. The monoisotopic (exact) mass is 354 g/mol. The first-order valence-electron chi connectivity index (χ1n) is 9.28. The van der Waals surface area contributed by atoms with E-state index in [1.54, 1.807) is 0 Å². The van der Waals surface area contributed by atoms with Gasteiger partial charge in [0.05, 0.1) is 11.4 Å². The van der Waals surface area contributed by atoms with Gasteiger partial charge in [-0.15, -0.1) is 5.10 Å². The zero-order valence-electron chi connectivity index (χ0n) is 16.1. The molecule has 2 atom stereocenters. The van der Waals surface area contributed by atoms with Gasteiger partial charge in [0.25, 0.3) is 0 Å². The molecule has 0 amide bonds. The maximum atomic E-state index is 4.78. The molecule has 0 aromatic carbocycles. The third-order valence-corrected chi connectivity index (χ3v) is 5.57. The standard InChI is InChI=1S/C18H26N8/c1-11-8-9-25(14(11)4)18-21-16(24(5)23-18)7-6-15-20-17-13(3)19-10-12(2)26(17)22-15/h10-11,14H,6-9H2,1-5H3/t11-,14-/m1/s1. The molecule has 0 aliphatic carbocycles. The van der Waals surface area contributed by atoms with Crippen molar-refractivity contribution in [1.29, 1.82) is 0 Å². The lowest BCUT2D eigenvalue weighted by molar-refractivity contribution is 0.542. The van der Waals surface area contributed by atoms with E-state index < -0.39 is 0 Å². The van der Waals surface area contributed by atoms with Gasteiger partial charge in [-0.1, -0.05) is 6.92 Å². The van der Waals surface area contributed by atoms with Crippen molar-refractivity contribution in [3.63, 3.8) is 0 Å². The Bertz CT molecular complexity index is 901. The second-order valence-corrected chi connectivity index (χ2v) is 7.40. The molecule has 1 aliphatic heterocycles. The lowest BCUT2D eigenvalue weighted by atomic mass is 10.1. The number of fused-ring (bicyclic) bond motifs is 1. The van der Waals surface area contributed by atoms with Crippen molar-refractivity contribution < 1.29 is 0 Å². The Kier molecular flexibility index (Phi) is 4.13. The molecule has 0 radical (unpaired) electrons. The van der Waals surface area contributed by atoms with Gasteiger partial charge in [-0.2, -0.15) is 10.1 Å². The quantitative estimate of drug-likeness (QED) is 0.712. The van der Waals surface area contributed by atoms with Crippen LogP contribution in [0, 0.1) is 19.8 Å². The van der Waals surface area contributed by atoms with Crippen LogP contribution in [0.5, 0.6) is 0 Å². The van der Waals surface area contributed by atoms with Gasteiger partial charge in [-0.25, -0.2) is 9.50 Å². The molecule has 0 unspecified atom stereocenters. The molecule has 3 aromatic heterocycles. The number of rotatable bonds is 4. The molecule has 0 bridgehead atoms. The van der Waals surface area contributed by atoms with E-state index in [-0.39, 0.29) is 0 Å². The predicted molar refractivity (Wildman–Crippen MR) is 99.3 cm³/mol. The summed E-state index contributed by atoms with van der Waals surface area (Å²) in [6.45, 7) is 9.53. The van der Waals surface area contributed by atoms with Crippen LogP contribution >= 0.6 is 0 Å². The van der Waals surface area contributed by atoms with Crippen LogP contribution in [-0.2, 0) is 19.9 Å². The molecular formula is C18H26N8. The second kappa shape index (κ2) is 6.34. The van der Waals surface area contributed by atoms with Gasteiger partial charge in [0, 0.05) is 38.7 Å². The fourth-order valence-electron chi connectivity index (χ4n) is 3.59. The van der Waals surface area contributed by atoms with E-state index in [0.717, 1.165) is 54.0 Å². The van der Waals surface area contributed by atoms with Crippen LogP contribution in [0.1, 0.15) is 43.3 Å². The Hall–Kier alpha value is -2.51. The third kappa shape index (κ3) is 2.83. The minimum atomic E-state index is 0.490. The Morgan fingerprint density at radius 2 is 1.92 bits per heavy atom. The summed E-state index contributed by atoms with van der Waals surface area (Å²) < 4.78 is 3.76. The maximum absolute atomic E-state index is 4.78. The molecule has 3 aromatic rings. The predicted octanol–water partition coefficient (Wildman–Crippen LogP) is 1.89. The van der Waals surface area contributed by atoms with Gasteiger partial charge < -0.3 is 4.90 Å². The van der Waals surface area contributed by atoms with Crippen molar-refractivity contribution in [2.75, 3.05) is 11.4 Å². The molecule has 0 spiro atoms. The van der Waals surface area contributed by atoms with E-state index in [4.69, 9.17) is 4.98 Å². The topological polar surface area (TPSA) is 77.0 Å². The Morgan fingerprint density at radius 3 is 2.62 bits per heavy atom. The van der Waals surface area contributed by atoms with Gasteiger partial charge in [0.1, 0.15) is 5.82 Å². The van der Waals surface area contributed by atoms with Crippen LogP contribution in [-0.4, -0.2) is 46.9 Å². The van der Waals surface area contributed by atoms with Crippen molar-refractivity contribution in [3.8, 4) is 0 Å². The van der Waals surface area contributed by atoms with Crippen LogP contribution in [0.2, 0.25) is 0 Å². The highest BCUT2D eigenvalue weighted by Gasteiger charge is 2.30. The molecule has 4 rings (SSSR count). The second-order valence-electron chi connectivity index (χ2n) is 7.40. The van der Waals surface area contributed by atoms with E-state index in [1.807, 2.05) is 36.3 Å². The number of aromatic nitrogens is 7. The highest BCUT2D eigenvalue weighted by atomic mass is 15.4. The molecule has 1 aliphatic rings. The van der Waals surface area contributed by atoms with Crippen molar-refractivity contribution in [3.05, 3.63) is 29.2 Å². The number of anilines is 1.